The van der Waals surface area contributed by atoms with E-state index in [0.717, 1.165) is 23.0 Å². The number of para-hydroxylation sites is 1. The minimum atomic E-state index is -0.582. The zero-order valence-electron chi connectivity index (χ0n) is 11.4. The number of aryl methyl sites for hydroxylation is 1. The van der Waals surface area contributed by atoms with Crippen molar-refractivity contribution in [3.05, 3.63) is 60.2 Å². The molecule has 2 amide bonds. The highest BCUT2D eigenvalue weighted by Gasteiger charge is 2.40. The van der Waals surface area contributed by atoms with E-state index < -0.39 is 5.37 Å². The lowest BCUT2D eigenvalue weighted by atomic mass is 10.2. The van der Waals surface area contributed by atoms with Gasteiger partial charge in [0.1, 0.15) is 0 Å². The van der Waals surface area contributed by atoms with E-state index in [2.05, 4.69) is 5.32 Å². The third-order valence-corrected chi connectivity index (χ3v) is 4.15. The molecule has 2 aromatic carbocycles. The van der Waals surface area contributed by atoms with Gasteiger partial charge in [0, 0.05) is 5.69 Å². The van der Waals surface area contributed by atoms with Gasteiger partial charge in [-0.3, -0.25) is 9.59 Å². The third kappa shape index (κ3) is 2.78. The Morgan fingerprint density at radius 1 is 1.00 bits per heavy atom. The zero-order chi connectivity index (χ0) is 14.8. The maximum atomic E-state index is 12.4. The molecular weight excluding hydrogens is 284 g/mol. The maximum absolute atomic E-state index is 12.4. The number of thioether (sulfide) groups is 1. The number of hydrogen-bond donors (Lipinski definition) is 1. The van der Waals surface area contributed by atoms with Crippen molar-refractivity contribution in [1.82, 2.24) is 0 Å². The number of imide groups is 1. The van der Waals surface area contributed by atoms with Gasteiger partial charge in [-0.1, -0.05) is 35.9 Å². The Balaban J connectivity index is 1.80. The molecule has 4 nitrogen and oxygen atoms in total. The van der Waals surface area contributed by atoms with Crippen LogP contribution in [0.15, 0.2) is 54.6 Å². The van der Waals surface area contributed by atoms with Gasteiger partial charge in [0.05, 0.1) is 5.69 Å². The largest absolute Gasteiger partial charge is 0.365 e. The van der Waals surface area contributed by atoms with E-state index >= 15 is 0 Å². The van der Waals surface area contributed by atoms with Crippen molar-refractivity contribution >= 4 is 34.3 Å². The molecule has 21 heavy (non-hydrogen) atoms. The fourth-order valence-corrected chi connectivity index (χ4v) is 3.02. The lowest BCUT2D eigenvalue weighted by molar-refractivity contribution is -0.116. The molecule has 1 aliphatic heterocycles. The van der Waals surface area contributed by atoms with E-state index in [1.807, 2.05) is 49.4 Å². The van der Waals surface area contributed by atoms with Crippen LogP contribution in [-0.2, 0) is 4.79 Å². The van der Waals surface area contributed by atoms with Crippen molar-refractivity contribution < 1.29 is 9.59 Å². The fourth-order valence-electron chi connectivity index (χ4n) is 2.11. The van der Waals surface area contributed by atoms with E-state index in [9.17, 15) is 9.59 Å². The number of nitrogens with zero attached hydrogens (tertiary/aromatic N) is 1. The molecular formula is C16H14N2O2S. The highest BCUT2D eigenvalue weighted by atomic mass is 32.2. The molecule has 5 heteroatoms. The summed E-state index contributed by atoms with van der Waals surface area (Å²) < 4.78 is 0. The van der Waals surface area contributed by atoms with Crippen LogP contribution in [-0.4, -0.2) is 16.5 Å². The van der Waals surface area contributed by atoms with Gasteiger partial charge < -0.3 is 5.32 Å². The molecule has 1 unspecified atom stereocenters. The Hall–Kier alpha value is -2.27. The van der Waals surface area contributed by atoms with Gasteiger partial charge in [-0.2, -0.15) is 0 Å². The van der Waals surface area contributed by atoms with Gasteiger partial charge in [0.25, 0.3) is 11.1 Å². The molecule has 1 heterocycles. The molecule has 1 saturated heterocycles. The van der Waals surface area contributed by atoms with Crippen molar-refractivity contribution in [3.8, 4) is 0 Å². The summed E-state index contributed by atoms with van der Waals surface area (Å²) in [5.41, 5.74) is 2.52. The average Bonchev–Trinajstić information content (AvgIpc) is 2.76. The molecule has 1 aliphatic rings. The quantitative estimate of drug-likeness (QED) is 0.940. The molecule has 0 aromatic heterocycles. The van der Waals surface area contributed by atoms with E-state index in [1.165, 1.54) is 4.90 Å². The fraction of sp³-hybridized carbons (Fsp3) is 0.125. The lowest BCUT2D eigenvalue weighted by Gasteiger charge is -2.15. The summed E-state index contributed by atoms with van der Waals surface area (Å²) in [5, 5.41) is 2.25. The van der Waals surface area contributed by atoms with Crippen molar-refractivity contribution in [1.29, 1.82) is 0 Å². The second-order valence-corrected chi connectivity index (χ2v) is 5.84. The van der Waals surface area contributed by atoms with Crippen molar-refractivity contribution in [2.75, 3.05) is 10.2 Å². The van der Waals surface area contributed by atoms with Crippen LogP contribution in [0.1, 0.15) is 5.56 Å². The Kier molecular flexibility index (Phi) is 3.66. The Morgan fingerprint density at radius 3 is 2.33 bits per heavy atom. The van der Waals surface area contributed by atoms with Gasteiger partial charge in [0.15, 0.2) is 5.37 Å². The number of amides is 2. The first-order valence-electron chi connectivity index (χ1n) is 6.58. The molecule has 1 fully saturated rings. The highest BCUT2D eigenvalue weighted by Crippen LogP contribution is 2.32. The lowest BCUT2D eigenvalue weighted by Crippen LogP contribution is -2.34. The predicted octanol–water partition coefficient (Wildman–Crippen LogP) is 3.63. The summed E-state index contributed by atoms with van der Waals surface area (Å²) in [5.74, 6) is -0.238. The van der Waals surface area contributed by atoms with Crippen LogP contribution in [0.25, 0.3) is 0 Å². The van der Waals surface area contributed by atoms with Crippen LogP contribution in [0.4, 0.5) is 16.2 Å². The summed E-state index contributed by atoms with van der Waals surface area (Å²) in [6.07, 6.45) is 0. The number of benzene rings is 2. The predicted molar refractivity (Wildman–Crippen MR) is 85.5 cm³/mol. The summed E-state index contributed by atoms with van der Waals surface area (Å²) in [4.78, 5) is 25.8. The number of nitrogens with one attached hydrogen (secondary N) is 1. The molecule has 0 spiro atoms. The standard InChI is InChI=1S/C16H14N2O2S/c1-11-7-9-13(10-8-11)18-15(19)14(21-16(18)20)17-12-5-3-2-4-6-12/h2-10,14,17H,1H3. The minimum absolute atomic E-state index is 0.238. The topological polar surface area (TPSA) is 49.4 Å². The molecule has 0 bridgehead atoms. The van der Waals surface area contributed by atoms with E-state index in [-0.39, 0.29) is 11.1 Å². The first kappa shape index (κ1) is 13.7. The third-order valence-electron chi connectivity index (χ3n) is 3.21. The van der Waals surface area contributed by atoms with Crippen molar-refractivity contribution in [2.45, 2.75) is 12.3 Å². The van der Waals surface area contributed by atoms with Crippen LogP contribution < -0.4 is 10.2 Å². The van der Waals surface area contributed by atoms with Crippen LogP contribution >= 0.6 is 11.8 Å². The van der Waals surface area contributed by atoms with Crippen molar-refractivity contribution in [2.24, 2.45) is 0 Å². The molecule has 3 rings (SSSR count). The summed E-state index contributed by atoms with van der Waals surface area (Å²) in [6, 6.07) is 16.8. The normalized spacial score (nSPS) is 18.1. The number of anilines is 2. The van der Waals surface area contributed by atoms with Crippen LogP contribution in [0.3, 0.4) is 0 Å². The Morgan fingerprint density at radius 2 is 1.67 bits per heavy atom. The second kappa shape index (κ2) is 5.61. The van der Waals surface area contributed by atoms with Crippen LogP contribution in [0.2, 0.25) is 0 Å². The molecule has 0 radical (unpaired) electrons. The molecule has 106 valence electrons. The summed E-state index contributed by atoms with van der Waals surface area (Å²) in [6.45, 7) is 1.96. The van der Waals surface area contributed by atoms with Gasteiger partial charge >= 0.3 is 0 Å². The highest BCUT2D eigenvalue weighted by molar-refractivity contribution is 8.16. The van der Waals surface area contributed by atoms with Gasteiger partial charge in [-0.15, -0.1) is 0 Å². The minimum Gasteiger partial charge on any atom is -0.365 e. The molecule has 1 atom stereocenters. The smallest absolute Gasteiger partial charge is 0.295 e. The number of carbonyl (C=O) groups excluding carboxylic acids is 2. The maximum Gasteiger partial charge on any atom is 0.295 e. The van der Waals surface area contributed by atoms with E-state index in [1.54, 1.807) is 12.1 Å². The van der Waals surface area contributed by atoms with Crippen molar-refractivity contribution in [3.63, 3.8) is 0 Å². The number of hydrogen-bond acceptors (Lipinski definition) is 4. The SMILES string of the molecule is Cc1ccc(N2C(=O)SC(Nc3ccccc3)C2=O)cc1. The Bertz CT molecular complexity index is 670. The summed E-state index contributed by atoms with van der Waals surface area (Å²) in [7, 11) is 0. The Labute approximate surface area is 127 Å². The second-order valence-electron chi connectivity index (χ2n) is 4.78. The van der Waals surface area contributed by atoms with Gasteiger partial charge in [0.2, 0.25) is 0 Å². The van der Waals surface area contributed by atoms with Gasteiger partial charge in [-0.05, 0) is 43.0 Å². The molecule has 0 aliphatic carbocycles. The molecule has 2 aromatic rings. The van der Waals surface area contributed by atoms with Crippen LogP contribution in [0.5, 0.6) is 0 Å². The zero-order valence-corrected chi connectivity index (χ0v) is 12.3. The van der Waals surface area contributed by atoms with E-state index in [4.69, 9.17) is 0 Å². The summed E-state index contributed by atoms with van der Waals surface area (Å²) >= 11 is 1.00. The first-order chi connectivity index (χ1) is 10.1. The first-order valence-corrected chi connectivity index (χ1v) is 7.46. The monoisotopic (exact) mass is 298 g/mol. The van der Waals surface area contributed by atoms with Crippen LogP contribution in [0, 0.1) is 6.92 Å². The average molecular weight is 298 g/mol. The van der Waals surface area contributed by atoms with E-state index in [0.29, 0.717) is 5.69 Å². The van der Waals surface area contributed by atoms with Gasteiger partial charge in [-0.25, -0.2) is 4.90 Å². The number of rotatable bonds is 3. The number of carbonyl (C=O) groups is 2. The molecule has 1 N–H and O–H groups in total. The molecule has 0 saturated carbocycles.